The topological polar surface area (TPSA) is 46.0 Å². The Morgan fingerprint density at radius 2 is 1.87 bits per heavy atom. The van der Waals surface area contributed by atoms with E-state index in [-0.39, 0.29) is 5.88 Å². The summed E-state index contributed by atoms with van der Waals surface area (Å²) in [6, 6.07) is 0. The Kier molecular flexibility index (Phi) is 7.41. The molecule has 4 heteroatoms. The summed E-state index contributed by atoms with van der Waals surface area (Å²) >= 11 is 1.34. The summed E-state index contributed by atoms with van der Waals surface area (Å²) in [4.78, 5) is 8.20. The predicted molar refractivity (Wildman–Crippen MR) is 66.6 cm³/mol. The second-order valence-corrected chi connectivity index (χ2v) is 4.16. The molecule has 15 heavy (non-hydrogen) atoms. The monoisotopic (exact) mass is 272 g/mol. The molecule has 0 radical (unpaired) electrons. The minimum atomic E-state index is 0.167. The first kappa shape index (κ1) is 14.4. The van der Waals surface area contributed by atoms with Crippen molar-refractivity contribution >= 4 is 21.5 Å². The Morgan fingerprint density at radius 3 is 2.33 bits per heavy atom. The number of rotatable bonds is 3. The maximum absolute atomic E-state index is 9.56. The summed E-state index contributed by atoms with van der Waals surface area (Å²) in [6.07, 6.45) is 3.07. The van der Waals surface area contributed by atoms with Crippen LogP contribution in [0.1, 0.15) is 44.9 Å². The van der Waals surface area contributed by atoms with Crippen molar-refractivity contribution in [2.45, 2.75) is 47.0 Å². The van der Waals surface area contributed by atoms with E-state index in [2.05, 4.69) is 16.9 Å². The van der Waals surface area contributed by atoms with E-state index in [1.807, 2.05) is 20.8 Å². The fourth-order valence-electron chi connectivity index (χ4n) is 1.25. The van der Waals surface area contributed by atoms with Crippen molar-refractivity contribution in [2.24, 2.45) is 0 Å². The molecule has 1 N–H and O–H groups in total. The minimum absolute atomic E-state index is 0.167. The van der Waals surface area contributed by atoms with Gasteiger partial charge in [-0.05, 0) is 0 Å². The van der Waals surface area contributed by atoms with Crippen LogP contribution >= 0.6 is 0 Å². The summed E-state index contributed by atoms with van der Waals surface area (Å²) in [7, 11) is 0. The molecule has 0 aliphatic carbocycles. The van der Waals surface area contributed by atoms with Gasteiger partial charge in [0.05, 0.1) is 0 Å². The molecule has 86 valence electrons. The first-order valence-electron chi connectivity index (χ1n) is 5.47. The van der Waals surface area contributed by atoms with Crippen molar-refractivity contribution in [2.75, 3.05) is 0 Å². The van der Waals surface area contributed by atoms with Gasteiger partial charge in [0.25, 0.3) is 0 Å². The molecule has 0 aromatic carbocycles. The van der Waals surface area contributed by atoms with Gasteiger partial charge in [0.2, 0.25) is 0 Å². The average molecular weight is 272 g/mol. The average Bonchev–Trinajstić information content (AvgIpc) is 2.19. The summed E-state index contributed by atoms with van der Waals surface area (Å²) in [6.45, 7) is 8.06. The molecule has 1 unspecified atom stereocenters. The molecule has 1 rings (SSSR count). The van der Waals surface area contributed by atoms with Gasteiger partial charge < -0.3 is 0 Å². The number of aromatic nitrogens is 2. The van der Waals surface area contributed by atoms with E-state index in [4.69, 9.17) is 0 Å². The van der Waals surface area contributed by atoms with Crippen LogP contribution in [0, 0.1) is 6.92 Å². The molecule has 0 aliphatic rings. The SMILES string of the molecule is CC.CCCCc1c(C)nc([AsH2])nc1O. The van der Waals surface area contributed by atoms with Crippen LogP contribution in [-0.2, 0) is 6.42 Å². The number of nitrogens with zero attached hydrogens (tertiary/aromatic N) is 2. The van der Waals surface area contributed by atoms with Crippen LogP contribution in [0.4, 0.5) is 0 Å². The molecule has 1 aromatic heterocycles. The normalized spacial score (nSPS) is 9.40. The summed E-state index contributed by atoms with van der Waals surface area (Å²) < 4.78 is 0.697. The Balaban J connectivity index is 0.000000921. The molecular formula is C11H21AsN2O. The molecule has 1 atom stereocenters. The van der Waals surface area contributed by atoms with Crippen LogP contribution < -0.4 is 4.61 Å². The maximum atomic E-state index is 9.56. The third-order valence-electron chi connectivity index (χ3n) is 1.99. The van der Waals surface area contributed by atoms with E-state index >= 15 is 0 Å². The quantitative estimate of drug-likeness (QED) is 0.839. The molecule has 3 nitrogen and oxygen atoms in total. The number of aryl methyl sites for hydroxylation is 1. The predicted octanol–water partition coefficient (Wildman–Crippen LogP) is 1.12. The number of unbranched alkanes of at least 4 members (excludes halogenated alkanes) is 1. The van der Waals surface area contributed by atoms with Crippen molar-refractivity contribution in [1.29, 1.82) is 0 Å². The van der Waals surface area contributed by atoms with Crippen LogP contribution in [0.25, 0.3) is 0 Å². The molecule has 0 bridgehead atoms. The molecular weight excluding hydrogens is 251 g/mol. The molecule has 0 saturated heterocycles. The molecule has 0 aliphatic heterocycles. The molecule has 1 aromatic rings. The Labute approximate surface area is 101 Å². The van der Waals surface area contributed by atoms with Gasteiger partial charge in [-0.1, -0.05) is 13.8 Å². The first-order valence-corrected chi connectivity index (χ1v) is 6.68. The molecule has 1 heterocycles. The third-order valence-corrected chi connectivity index (χ3v) is 2.53. The molecule has 0 amide bonds. The Morgan fingerprint density at radius 1 is 1.27 bits per heavy atom. The van der Waals surface area contributed by atoms with Crippen LogP contribution in [-0.4, -0.2) is 31.9 Å². The number of aromatic hydroxyl groups is 1. The molecule has 0 fully saturated rings. The van der Waals surface area contributed by atoms with Crippen LogP contribution in [0.3, 0.4) is 0 Å². The van der Waals surface area contributed by atoms with Gasteiger partial charge in [-0.2, -0.15) is 0 Å². The van der Waals surface area contributed by atoms with Crippen molar-refractivity contribution in [3.8, 4) is 5.88 Å². The fourth-order valence-corrected chi connectivity index (χ4v) is 1.91. The van der Waals surface area contributed by atoms with Gasteiger partial charge in [0.1, 0.15) is 0 Å². The zero-order valence-corrected chi connectivity index (χ0v) is 12.5. The standard InChI is InChI=1S/C9H15AsN2O.C2H6/c1-3-4-5-7-6(2)11-9(10)12-8(7)13;1-2/h3-5,10H2,1-2H3,(H,11,12,13);1-2H3. The van der Waals surface area contributed by atoms with Crippen molar-refractivity contribution in [3.63, 3.8) is 0 Å². The second-order valence-electron chi connectivity index (χ2n) is 3.07. The summed E-state index contributed by atoms with van der Waals surface area (Å²) in [5.41, 5.74) is 1.82. The zero-order chi connectivity index (χ0) is 11.8. The summed E-state index contributed by atoms with van der Waals surface area (Å²) in [5, 5.41) is 9.56. The fraction of sp³-hybridized carbons (Fsp3) is 0.636. The van der Waals surface area contributed by atoms with Crippen molar-refractivity contribution in [3.05, 3.63) is 11.3 Å². The Bertz CT molecular complexity index is 280. The van der Waals surface area contributed by atoms with E-state index in [9.17, 15) is 5.11 Å². The van der Waals surface area contributed by atoms with Crippen LogP contribution in [0.15, 0.2) is 0 Å². The molecule has 0 saturated carbocycles. The van der Waals surface area contributed by atoms with E-state index in [1.165, 1.54) is 16.9 Å². The van der Waals surface area contributed by atoms with E-state index in [0.29, 0.717) is 4.61 Å². The van der Waals surface area contributed by atoms with Gasteiger partial charge >= 0.3 is 86.8 Å². The second kappa shape index (κ2) is 7.69. The summed E-state index contributed by atoms with van der Waals surface area (Å²) in [5.74, 6) is 0.167. The van der Waals surface area contributed by atoms with E-state index in [0.717, 1.165) is 30.5 Å². The third kappa shape index (κ3) is 4.65. The Hall–Kier alpha value is -0.562. The van der Waals surface area contributed by atoms with E-state index < -0.39 is 0 Å². The van der Waals surface area contributed by atoms with Gasteiger partial charge in [-0.3, -0.25) is 0 Å². The van der Waals surface area contributed by atoms with Gasteiger partial charge in [-0.25, -0.2) is 0 Å². The van der Waals surface area contributed by atoms with Crippen LogP contribution in [0.2, 0.25) is 0 Å². The first-order chi connectivity index (χ1) is 7.15. The number of hydrogen-bond acceptors (Lipinski definition) is 3. The van der Waals surface area contributed by atoms with Crippen molar-refractivity contribution < 1.29 is 5.11 Å². The molecule has 0 spiro atoms. The number of hydrogen-bond donors (Lipinski definition) is 1. The van der Waals surface area contributed by atoms with Crippen LogP contribution in [0.5, 0.6) is 5.88 Å². The van der Waals surface area contributed by atoms with Gasteiger partial charge in [-0.15, -0.1) is 0 Å². The van der Waals surface area contributed by atoms with Gasteiger partial charge in [0.15, 0.2) is 0 Å². The van der Waals surface area contributed by atoms with Gasteiger partial charge in [0, 0.05) is 0 Å². The van der Waals surface area contributed by atoms with Crippen molar-refractivity contribution in [1.82, 2.24) is 9.97 Å². The van der Waals surface area contributed by atoms with E-state index in [1.54, 1.807) is 0 Å². The zero-order valence-electron chi connectivity index (χ0n) is 10.0.